The zero-order valence-electron chi connectivity index (χ0n) is 19.0. The van der Waals surface area contributed by atoms with Crippen LogP contribution >= 0.6 is 0 Å². The zero-order chi connectivity index (χ0) is 25.0. The minimum absolute atomic E-state index is 0.00831. The number of carbonyl (C=O) groups is 1. The largest absolute Gasteiger partial charge is 0.447 e. The molecule has 1 N–H and O–H groups in total. The first-order valence-electron chi connectivity index (χ1n) is 10.9. The van der Waals surface area contributed by atoms with Crippen molar-refractivity contribution < 1.29 is 26.4 Å². The summed E-state index contributed by atoms with van der Waals surface area (Å²) >= 11 is 0. The second-order valence-corrected chi connectivity index (χ2v) is 12.0. The van der Waals surface area contributed by atoms with Crippen molar-refractivity contribution in [1.29, 1.82) is 0 Å². The average molecular weight is 521 g/mol. The number of carbonyl (C=O) groups excluding carboxylic acids is 1. The molecule has 3 heterocycles. The van der Waals surface area contributed by atoms with Crippen molar-refractivity contribution in [3.8, 4) is 0 Å². The maximum absolute atomic E-state index is 13.2. The van der Waals surface area contributed by atoms with Gasteiger partial charge in [-0.3, -0.25) is 0 Å². The molecule has 186 valence electrons. The molecule has 0 atom stereocenters. The van der Waals surface area contributed by atoms with E-state index in [0.29, 0.717) is 28.4 Å². The molecule has 1 amide bonds. The Morgan fingerprint density at radius 1 is 1.09 bits per heavy atom. The maximum Gasteiger partial charge on any atom is 0.424 e. The summed E-state index contributed by atoms with van der Waals surface area (Å²) in [4.78, 5) is 22.2. The van der Waals surface area contributed by atoms with Gasteiger partial charge in [0, 0.05) is 25.3 Å². The predicted octanol–water partition coefficient (Wildman–Crippen LogP) is 1.23. The Hall–Kier alpha value is -3.23. The highest BCUT2D eigenvalue weighted by Crippen LogP contribution is 2.33. The standard InChI is InChI=1S/C21H24N6O6S2/c1-14-3-5-17(6-4-14)34(29,30)26-8-7-18-19(22-13-23-20(18)26)25(2)16-11-15(12-16)24-35(31,32)27-9-10-33-21(27)28/h3-8,13,15-16,24H,9-12H2,1-2H3. The highest BCUT2D eigenvalue weighted by molar-refractivity contribution is 7.90. The van der Waals surface area contributed by atoms with Gasteiger partial charge in [0.2, 0.25) is 0 Å². The first-order chi connectivity index (χ1) is 16.6. The average Bonchev–Trinajstić information content (AvgIpc) is 3.42. The molecule has 1 aliphatic carbocycles. The summed E-state index contributed by atoms with van der Waals surface area (Å²) in [6.07, 6.45) is 2.88. The van der Waals surface area contributed by atoms with Gasteiger partial charge < -0.3 is 9.64 Å². The fraction of sp³-hybridized carbons (Fsp3) is 0.381. The molecule has 3 aromatic rings. The lowest BCUT2D eigenvalue weighted by molar-refractivity contribution is 0.169. The van der Waals surface area contributed by atoms with Crippen LogP contribution in [-0.4, -0.2) is 73.5 Å². The van der Waals surface area contributed by atoms with Crippen molar-refractivity contribution in [2.45, 2.75) is 36.7 Å². The van der Waals surface area contributed by atoms with E-state index in [4.69, 9.17) is 4.74 Å². The molecule has 35 heavy (non-hydrogen) atoms. The lowest BCUT2D eigenvalue weighted by Gasteiger charge is -2.42. The Labute approximate surface area is 202 Å². The van der Waals surface area contributed by atoms with E-state index in [2.05, 4.69) is 14.7 Å². The van der Waals surface area contributed by atoms with Crippen LogP contribution < -0.4 is 9.62 Å². The zero-order valence-corrected chi connectivity index (χ0v) is 20.7. The third-order valence-electron chi connectivity index (χ3n) is 6.33. The topological polar surface area (TPSA) is 144 Å². The van der Waals surface area contributed by atoms with Gasteiger partial charge in [-0.2, -0.15) is 17.4 Å². The third kappa shape index (κ3) is 4.10. The molecular weight excluding hydrogens is 496 g/mol. The van der Waals surface area contributed by atoms with E-state index < -0.39 is 26.3 Å². The SMILES string of the molecule is Cc1ccc(S(=O)(=O)n2ccc3c(N(C)C4CC(NS(=O)(=O)N5CCOC5=O)C4)ncnc32)cc1. The fourth-order valence-electron chi connectivity index (χ4n) is 4.26. The van der Waals surface area contributed by atoms with Gasteiger partial charge in [0.15, 0.2) is 5.65 Å². The van der Waals surface area contributed by atoms with Crippen molar-refractivity contribution in [3.63, 3.8) is 0 Å². The molecule has 1 aromatic carbocycles. The van der Waals surface area contributed by atoms with E-state index in [9.17, 15) is 21.6 Å². The van der Waals surface area contributed by atoms with Crippen LogP contribution in [-0.2, 0) is 25.0 Å². The molecule has 0 spiro atoms. The minimum atomic E-state index is -3.97. The van der Waals surface area contributed by atoms with E-state index in [1.54, 1.807) is 30.3 Å². The lowest BCUT2D eigenvalue weighted by Crippen LogP contribution is -2.56. The highest BCUT2D eigenvalue weighted by Gasteiger charge is 2.40. The third-order valence-corrected chi connectivity index (χ3v) is 9.55. The quantitative estimate of drug-likeness (QED) is 0.486. The molecule has 12 nitrogen and oxygen atoms in total. The molecule has 0 bridgehead atoms. The molecule has 1 saturated heterocycles. The number of anilines is 1. The van der Waals surface area contributed by atoms with E-state index in [0.717, 1.165) is 9.54 Å². The normalized spacial score (nSPS) is 20.6. The van der Waals surface area contributed by atoms with Gasteiger partial charge in [0.25, 0.3) is 10.0 Å². The molecule has 2 aromatic heterocycles. The Morgan fingerprint density at radius 2 is 1.80 bits per heavy atom. The molecule has 14 heteroatoms. The Bertz CT molecular complexity index is 1500. The van der Waals surface area contributed by atoms with Crippen molar-refractivity contribution in [2.75, 3.05) is 25.1 Å². The number of aryl methyl sites for hydroxylation is 1. The van der Waals surface area contributed by atoms with Crippen molar-refractivity contribution >= 4 is 43.2 Å². The van der Waals surface area contributed by atoms with Gasteiger partial charge in [0.1, 0.15) is 18.8 Å². The van der Waals surface area contributed by atoms with Crippen LogP contribution in [0.2, 0.25) is 0 Å². The smallest absolute Gasteiger partial charge is 0.424 e. The summed E-state index contributed by atoms with van der Waals surface area (Å²) in [7, 11) is -5.99. The predicted molar refractivity (Wildman–Crippen MR) is 127 cm³/mol. The van der Waals surface area contributed by atoms with Crippen molar-refractivity contribution in [1.82, 2.24) is 23.0 Å². The molecule has 2 fully saturated rings. The number of hydrogen-bond donors (Lipinski definition) is 1. The maximum atomic E-state index is 13.2. The van der Waals surface area contributed by atoms with E-state index in [1.807, 2.05) is 18.9 Å². The van der Waals surface area contributed by atoms with E-state index in [1.165, 1.54) is 12.5 Å². The van der Waals surface area contributed by atoms with Crippen molar-refractivity contribution in [3.05, 3.63) is 48.4 Å². The minimum Gasteiger partial charge on any atom is -0.447 e. The van der Waals surface area contributed by atoms with Crippen LogP contribution in [0.1, 0.15) is 18.4 Å². The number of nitrogens with one attached hydrogen (secondary N) is 1. The molecule has 0 radical (unpaired) electrons. The highest BCUT2D eigenvalue weighted by atomic mass is 32.2. The number of cyclic esters (lactones) is 1. The summed E-state index contributed by atoms with van der Waals surface area (Å²) in [6, 6.07) is 7.86. The molecule has 2 aliphatic rings. The number of ether oxygens (including phenoxy) is 1. The lowest BCUT2D eigenvalue weighted by atomic mass is 9.86. The van der Waals surface area contributed by atoms with Crippen LogP contribution in [0.3, 0.4) is 0 Å². The summed E-state index contributed by atoms with van der Waals surface area (Å²) in [6.45, 7) is 1.91. The van der Waals surface area contributed by atoms with Gasteiger partial charge in [-0.1, -0.05) is 17.7 Å². The number of nitrogens with zero attached hydrogens (tertiary/aromatic N) is 5. The van der Waals surface area contributed by atoms with Gasteiger partial charge in [-0.15, -0.1) is 0 Å². The number of fused-ring (bicyclic) bond motifs is 1. The molecular formula is C21H24N6O6S2. The second-order valence-electron chi connectivity index (χ2n) is 8.61. The number of amides is 1. The fourth-order valence-corrected chi connectivity index (χ4v) is 6.86. The number of rotatable bonds is 7. The Kier molecular flexibility index (Phi) is 5.68. The summed E-state index contributed by atoms with van der Waals surface area (Å²) < 4.78 is 60.3. The molecule has 5 rings (SSSR count). The van der Waals surface area contributed by atoms with E-state index >= 15 is 0 Å². The van der Waals surface area contributed by atoms with Gasteiger partial charge in [0.05, 0.1) is 16.8 Å². The Morgan fingerprint density at radius 3 is 2.46 bits per heavy atom. The van der Waals surface area contributed by atoms with Gasteiger partial charge in [-0.25, -0.2) is 27.2 Å². The van der Waals surface area contributed by atoms with E-state index in [-0.39, 0.29) is 35.8 Å². The number of aromatic nitrogens is 3. The van der Waals surface area contributed by atoms with Crippen LogP contribution in [0.5, 0.6) is 0 Å². The van der Waals surface area contributed by atoms with Crippen LogP contribution in [0.4, 0.5) is 10.6 Å². The monoisotopic (exact) mass is 520 g/mol. The number of benzene rings is 1. The Balaban J connectivity index is 1.34. The molecule has 1 aliphatic heterocycles. The second kappa shape index (κ2) is 8.46. The van der Waals surface area contributed by atoms with Gasteiger partial charge >= 0.3 is 16.3 Å². The summed E-state index contributed by atoms with van der Waals surface area (Å²) in [5.41, 5.74) is 1.21. The first kappa shape index (κ1) is 23.5. The first-order valence-corrected chi connectivity index (χ1v) is 13.8. The van der Waals surface area contributed by atoms with Gasteiger partial charge in [-0.05, 0) is 38.0 Å². The summed E-state index contributed by atoms with van der Waals surface area (Å²) in [5, 5.41) is 0.564. The summed E-state index contributed by atoms with van der Waals surface area (Å²) in [5.74, 6) is 0.544. The molecule has 1 saturated carbocycles. The van der Waals surface area contributed by atoms with Crippen LogP contribution in [0.25, 0.3) is 11.0 Å². The van der Waals surface area contributed by atoms with Crippen LogP contribution in [0, 0.1) is 6.92 Å². The van der Waals surface area contributed by atoms with Crippen LogP contribution in [0.15, 0.2) is 47.8 Å². The molecule has 0 unspecified atom stereocenters. The number of hydrogen-bond acceptors (Lipinski definition) is 9. The van der Waals surface area contributed by atoms with Crippen molar-refractivity contribution in [2.24, 2.45) is 0 Å².